The highest BCUT2D eigenvalue weighted by Crippen LogP contribution is 2.40. The van der Waals surface area contributed by atoms with Gasteiger partial charge in [0.15, 0.2) is 17.7 Å². The SMILES string of the molecule is CCC1OC(=O)[C@H](C)C(=O)[C@H](C)[C@@H](O[C@@H]2O[C@H](C)C[C@H](N(C)C)[C@H]2O)[C@@](C)(OC/C=C/c2cnc3ccccc3c2)C[C@@H](C)C(=O)[C@H](C)[C@H]2NC(=O)O[C@]12C. The Bertz CT molecular complexity index is 1750. The Hall–Kier alpha value is -3.75. The molecule has 302 valence electrons. The van der Waals surface area contributed by atoms with Crippen LogP contribution in [0.15, 0.2) is 42.6 Å². The number of fused-ring (bicyclic) bond motifs is 2. The minimum absolute atomic E-state index is 0.0612. The molecule has 3 aliphatic heterocycles. The number of aromatic nitrogens is 1. The maximum atomic E-state index is 14.4. The number of ketones is 2. The first-order valence-electron chi connectivity index (χ1n) is 19.5. The van der Waals surface area contributed by atoms with E-state index in [2.05, 4.69) is 10.3 Å². The Morgan fingerprint density at radius 1 is 1.04 bits per heavy atom. The second-order valence-electron chi connectivity index (χ2n) is 16.4. The van der Waals surface area contributed by atoms with E-state index in [0.29, 0.717) is 6.42 Å². The zero-order chi connectivity index (χ0) is 40.4. The van der Waals surface area contributed by atoms with Crippen molar-refractivity contribution in [3.8, 4) is 0 Å². The van der Waals surface area contributed by atoms with Gasteiger partial charge in [-0.15, -0.1) is 0 Å². The third-order valence-corrected chi connectivity index (χ3v) is 11.9. The predicted molar refractivity (Wildman–Crippen MR) is 206 cm³/mol. The Balaban J connectivity index is 1.56. The number of hydrogen-bond donors (Lipinski definition) is 2. The van der Waals surface area contributed by atoms with Crippen molar-refractivity contribution in [1.82, 2.24) is 15.2 Å². The number of benzene rings is 1. The highest BCUT2D eigenvalue weighted by molar-refractivity contribution is 6.00. The van der Waals surface area contributed by atoms with Gasteiger partial charge in [0.1, 0.15) is 23.9 Å². The van der Waals surface area contributed by atoms with E-state index in [1.165, 1.54) is 6.92 Å². The number of carbonyl (C=O) groups excluding carboxylic acids is 4. The molecular formula is C42H59N3O10. The van der Waals surface area contributed by atoms with Crippen molar-refractivity contribution in [3.63, 3.8) is 0 Å². The molecule has 0 radical (unpaired) electrons. The van der Waals surface area contributed by atoms with Crippen LogP contribution in [0.4, 0.5) is 4.79 Å². The molecule has 13 nitrogen and oxygen atoms in total. The third-order valence-electron chi connectivity index (χ3n) is 11.9. The van der Waals surface area contributed by atoms with Crippen molar-refractivity contribution >= 4 is 40.6 Å². The summed E-state index contributed by atoms with van der Waals surface area (Å²) in [4.78, 5) is 61.8. The molecule has 0 spiro atoms. The van der Waals surface area contributed by atoms with Gasteiger partial charge < -0.3 is 39.0 Å². The van der Waals surface area contributed by atoms with Crippen LogP contribution >= 0.6 is 0 Å². The average Bonchev–Trinajstić information content (AvgIpc) is 3.47. The summed E-state index contributed by atoms with van der Waals surface area (Å²) >= 11 is 0. The fourth-order valence-electron chi connectivity index (χ4n) is 8.73. The molecule has 0 aliphatic carbocycles. The number of nitrogens with one attached hydrogen (secondary N) is 1. The quantitative estimate of drug-likeness (QED) is 0.270. The molecule has 2 aromatic rings. The highest BCUT2D eigenvalue weighted by Gasteiger charge is 2.57. The standard InChI is InChI=1S/C42H59N3O10/c1-11-32-42(8)36(44-40(50)55-42)25(4)33(46)23(2)21-41(7,51-18-14-15-28-20-29-16-12-13-17-30(29)43-22-28)37(26(5)34(47)27(6)38(49)53-32)54-39-35(48)31(45(9)10)19-24(3)52-39/h12-17,20,22-27,31-32,35-37,39,48H,11,18-19,21H2,1-10H3,(H,44,50)/b15-14+/t23-,24-,25+,26+,27-,31+,32?,35-,36-,37-,39+,41+,42-/m1/s1. The van der Waals surface area contributed by atoms with Gasteiger partial charge in [-0.1, -0.05) is 58.0 Å². The molecule has 3 fully saturated rings. The van der Waals surface area contributed by atoms with Gasteiger partial charge in [0.25, 0.3) is 0 Å². The van der Waals surface area contributed by atoms with Crippen LogP contribution in [0.25, 0.3) is 17.0 Å². The van der Waals surface area contributed by atoms with Gasteiger partial charge in [0.05, 0.1) is 36.0 Å². The Morgan fingerprint density at radius 2 is 1.75 bits per heavy atom. The van der Waals surface area contributed by atoms with Gasteiger partial charge in [-0.25, -0.2) is 4.79 Å². The summed E-state index contributed by atoms with van der Waals surface area (Å²) in [7, 11) is 3.74. The van der Waals surface area contributed by atoms with Gasteiger partial charge in [0, 0.05) is 35.4 Å². The van der Waals surface area contributed by atoms with Crippen LogP contribution in [0.1, 0.15) is 80.2 Å². The summed E-state index contributed by atoms with van der Waals surface area (Å²) in [6.07, 6.45) is 1.12. The first kappa shape index (κ1) is 42.4. The minimum atomic E-state index is -1.38. The van der Waals surface area contributed by atoms with Crippen LogP contribution in [-0.2, 0) is 38.1 Å². The monoisotopic (exact) mass is 765 g/mol. The second-order valence-corrected chi connectivity index (χ2v) is 16.4. The predicted octanol–water partition coefficient (Wildman–Crippen LogP) is 5.11. The zero-order valence-electron chi connectivity index (χ0n) is 33.8. The molecular weight excluding hydrogens is 706 g/mol. The van der Waals surface area contributed by atoms with E-state index >= 15 is 0 Å². The number of hydrogen-bond acceptors (Lipinski definition) is 12. The fourth-order valence-corrected chi connectivity index (χ4v) is 8.73. The van der Waals surface area contributed by atoms with Crippen molar-refractivity contribution in [3.05, 3.63) is 48.2 Å². The van der Waals surface area contributed by atoms with E-state index in [1.54, 1.807) is 47.7 Å². The summed E-state index contributed by atoms with van der Waals surface area (Å²) < 4.78 is 31.4. The number of ether oxygens (including phenoxy) is 5. The summed E-state index contributed by atoms with van der Waals surface area (Å²) in [6, 6.07) is 8.70. The number of nitrogens with zero attached hydrogens (tertiary/aromatic N) is 2. The second kappa shape index (κ2) is 17.2. The average molecular weight is 766 g/mol. The number of amides is 1. The molecule has 55 heavy (non-hydrogen) atoms. The number of rotatable bonds is 8. The molecule has 1 aromatic carbocycles. The number of para-hydroxylation sites is 1. The summed E-state index contributed by atoms with van der Waals surface area (Å²) in [5.74, 6) is -5.12. The van der Waals surface area contributed by atoms with Crippen LogP contribution in [0, 0.1) is 23.7 Å². The lowest BCUT2D eigenvalue weighted by atomic mass is 9.73. The van der Waals surface area contributed by atoms with Crippen molar-refractivity contribution in [2.45, 2.75) is 129 Å². The highest BCUT2D eigenvalue weighted by atomic mass is 16.7. The van der Waals surface area contributed by atoms with Crippen LogP contribution < -0.4 is 5.32 Å². The number of Topliss-reactive ketones (excluding diaryl/α,β-unsaturated/α-hetero) is 2. The molecule has 2 N–H and O–H groups in total. The molecule has 0 bridgehead atoms. The molecule has 1 aromatic heterocycles. The molecule has 1 unspecified atom stereocenters. The Kier molecular flexibility index (Phi) is 13.2. The summed E-state index contributed by atoms with van der Waals surface area (Å²) in [5.41, 5.74) is -1.00. The molecule has 4 heterocycles. The maximum absolute atomic E-state index is 14.4. The summed E-state index contributed by atoms with van der Waals surface area (Å²) in [6.45, 7) is 13.8. The molecule has 1 amide bonds. The number of aliphatic hydroxyl groups excluding tert-OH is 1. The largest absolute Gasteiger partial charge is 0.458 e. The van der Waals surface area contributed by atoms with Crippen molar-refractivity contribution in [1.29, 1.82) is 0 Å². The van der Waals surface area contributed by atoms with Crippen LogP contribution in [0.2, 0.25) is 0 Å². The molecule has 0 saturated carbocycles. The normalized spacial score (nSPS) is 38.1. The number of esters is 1. The van der Waals surface area contributed by atoms with Crippen molar-refractivity contribution in [2.24, 2.45) is 23.7 Å². The van der Waals surface area contributed by atoms with Crippen LogP contribution in [0.5, 0.6) is 0 Å². The fraction of sp³-hybridized carbons (Fsp3) is 0.643. The topological polar surface area (TPSA) is 163 Å². The third kappa shape index (κ3) is 8.96. The minimum Gasteiger partial charge on any atom is -0.458 e. The lowest BCUT2D eigenvalue weighted by Gasteiger charge is -2.47. The molecule has 5 rings (SSSR count). The lowest BCUT2D eigenvalue weighted by molar-refractivity contribution is -0.296. The van der Waals surface area contributed by atoms with Crippen LogP contribution in [0.3, 0.4) is 0 Å². The van der Waals surface area contributed by atoms with E-state index in [-0.39, 0.29) is 37.4 Å². The van der Waals surface area contributed by atoms with Gasteiger partial charge >= 0.3 is 12.1 Å². The first-order valence-corrected chi connectivity index (χ1v) is 19.5. The van der Waals surface area contributed by atoms with E-state index in [4.69, 9.17) is 23.7 Å². The maximum Gasteiger partial charge on any atom is 0.408 e. The number of alkyl carbamates (subject to hydrolysis) is 1. The number of likely N-dealkylation sites (N-methyl/N-ethyl adjacent to an activating group) is 1. The van der Waals surface area contributed by atoms with E-state index < -0.39 is 83.4 Å². The van der Waals surface area contributed by atoms with Crippen molar-refractivity contribution < 1.29 is 48.0 Å². The summed E-state index contributed by atoms with van der Waals surface area (Å²) in [5, 5.41) is 15.4. The number of aliphatic hydroxyl groups is 1. The molecule has 13 heteroatoms. The number of pyridine rings is 1. The first-order chi connectivity index (χ1) is 25.9. The smallest absolute Gasteiger partial charge is 0.408 e. The van der Waals surface area contributed by atoms with E-state index in [1.807, 2.05) is 68.4 Å². The van der Waals surface area contributed by atoms with E-state index in [0.717, 1.165) is 16.5 Å². The zero-order valence-corrected chi connectivity index (χ0v) is 33.8. The van der Waals surface area contributed by atoms with Gasteiger partial charge in [-0.2, -0.15) is 0 Å². The van der Waals surface area contributed by atoms with Crippen molar-refractivity contribution in [2.75, 3.05) is 20.7 Å². The van der Waals surface area contributed by atoms with E-state index in [9.17, 15) is 24.3 Å². The number of carbonyl (C=O) groups is 4. The molecule has 3 aliphatic rings. The number of cyclic esters (lactones) is 1. The van der Waals surface area contributed by atoms with Gasteiger partial charge in [-0.05, 0) is 78.7 Å². The van der Waals surface area contributed by atoms with Gasteiger partial charge in [-0.3, -0.25) is 19.4 Å². The molecule has 3 saturated heterocycles. The van der Waals surface area contributed by atoms with Crippen LogP contribution in [-0.4, -0.2) is 113 Å². The Morgan fingerprint density at radius 3 is 2.44 bits per heavy atom. The lowest BCUT2D eigenvalue weighted by Crippen LogP contribution is -2.60. The van der Waals surface area contributed by atoms with Gasteiger partial charge in [0.2, 0.25) is 0 Å². The Labute approximate surface area is 324 Å². The molecule has 13 atom stereocenters.